The fourth-order valence-electron chi connectivity index (χ4n) is 4.98. The molecule has 0 fully saturated rings. The van der Waals surface area contributed by atoms with Crippen LogP contribution in [0, 0.1) is 20.8 Å². The lowest BCUT2D eigenvalue weighted by atomic mass is 9.98. The third kappa shape index (κ3) is 4.29. The molecule has 0 saturated heterocycles. The molecule has 3 aromatic carbocycles. The molecule has 0 radical (unpaired) electrons. The summed E-state index contributed by atoms with van der Waals surface area (Å²) >= 11 is 0. The Morgan fingerprint density at radius 3 is 2.43 bits per heavy atom. The van der Waals surface area contributed by atoms with Gasteiger partial charge < -0.3 is 18.5 Å². The first-order chi connectivity index (χ1) is 17.8. The van der Waals surface area contributed by atoms with Crippen molar-refractivity contribution in [3.8, 4) is 11.5 Å². The number of ketones is 1. The van der Waals surface area contributed by atoms with Crippen molar-refractivity contribution in [2.75, 3.05) is 13.7 Å². The molecule has 0 N–H and O–H groups in total. The molecule has 0 aliphatic rings. The molecule has 0 spiro atoms. The number of aromatic nitrogens is 1. The summed E-state index contributed by atoms with van der Waals surface area (Å²) in [6.07, 6.45) is 0.506. The second kappa shape index (κ2) is 9.62. The summed E-state index contributed by atoms with van der Waals surface area (Å²) in [6, 6.07) is 19.3. The highest BCUT2D eigenvalue weighted by Crippen LogP contribution is 2.32. The minimum Gasteiger partial charge on any atom is -0.497 e. The molecule has 5 aromatic rings. The lowest BCUT2D eigenvalue weighted by Crippen LogP contribution is -2.14. The number of nitrogens with zero attached hydrogens (tertiary/aromatic N) is 1. The van der Waals surface area contributed by atoms with Crippen LogP contribution in [0.15, 0.2) is 69.9 Å². The number of methoxy groups -OCH3 is 1. The molecule has 0 saturated carbocycles. The van der Waals surface area contributed by atoms with Gasteiger partial charge in [-0.3, -0.25) is 4.79 Å². The number of hydrogen-bond acceptors (Lipinski definition) is 5. The van der Waals surface area contributed by atoms with Gasteiger partial charge in [0.15, 0.2) is 6.61 Å². The molecule has 0 aliphatic carbocycles. The van der Waals surface area contributed by atoms with E-state index in [1.807, 2.05) is 93.0 Å². The molecule has 188 valence electrons. The van der Waals surface area contributed by atoms with Crippen molar-refractivity contribution in [1.29, 1.82) is 0 Å². The number of carbonyl (C=O) groups is 1. The molecule has 0 unspecified atom stereocenters. The van der Waals surface area contributed by atoms with Crippen molar-refractivity contribution in [2.24, 2.45) is 7.05 Å². The van der Waals surface area contributed by atoms with E-state index in [1.165, 1.54) is 0 Å². The van der Waals surface area contributed by atoms with Gasteiger partial charge in [0.2, 0.25) is 5.78 Å². The predicted molar refractivity (Wildman–Crippen MR) is 145 cm³/mol. The first kappa shape index (κ1) is 24.4. The minimum absolute atomic E-state index is 0.133. The fraction of sp³-hybridized carbons (Fsp3) is 0.226. The maximum atomic E-state index is 13.3. The number of benzene rings is 3. The third-order valence-corrected chi connectivity index (χ3v) is 7.21. The van der Waals surface area contributed by atoms with Gasteiger partial charge in [-0.1, -0.05) is 30.3 Å². The molecular weight excluding hydrogens is 466 g/mol. The van der Waals surface area contributed by atoms with E-state index in [-0.39, 0.29) is 18.0 Å². The third-order valence-electron chi connectivity index (χ3n) is 7.21. The van der Waals surface area contributed by atoms with Crippen molar-refractivity contribution in [2.45, 2.75) is 27.2 Å². The van der Waals surface area contributed by atoms with Crippen molar-refractivity contribution in [1.82, 2.24) is 4.57 Å². The largest absolute Gasteiger partial charge is 0.497 e. The summed E-state index contributed by atoms with van der Waals surface area (Å²) in [7, 11) is 3.54. The molecule has 0 bridgehead atoms. The first-order valence-corrected chi connectivity index (χ1v) is 12.2. The lowest BCUT2D eigenvalue weighted by Gasteiger charge is -2.13. The molecule has 2 aromatic heterocycles. The average molecular weight is 496 g/mol. The van der Waals surface area contributed by atoms with Gasteiger partial charge in [-0.15, -0.1) is 0 Å². The zero-order valence-electron chi connectivity index (χ0n) is 21.7. The highest BCUT2D eigenvalue weighted by molar-refractivity contribution is 6.10. The van der Waals surface area contributed by atoms with E-state index in [9.17, 15) is 9.59 Å². The van der Waals surface area contributed by atoms with E-state index < -0.39 is 0 Å². The van der Waals surface area contributed by atoms with Crippen LogP contribution in [0.2, 0.25) is 0 Å². The van der Waals surface area contributed by atoms with Gasteiger partial charge in [-0.05, 0) is 62.2 Å². The van der Waals surface area contributed by atoms with Gasteiger partial charge >= 0.3 is 5.63 Å². The monoisotopic (exact) mass is 495 g/mol. The molecule has 0 amide bonds. The van der Waals surface area contributed by atoms with Gasteiger partial charge in [-0.2, -0.15) is 0 Å². The van der Waals surface area contributed by atoms with Crippen LogP contribution in [0.3, 0.4) is 0 Å². The summed E-state index contributed by atoms with van der Waals surface area (Å²) in [6.45, 7) is 5.57. The van der Waals surface area contributed by atoms with Crippen molar-refractivity contribution in [3.05, 3.63) is 105 Å². The van der Waals surface area contributed by atoms with Gasteiger partial charge in [0, 0.05) is 52.1 Å². The minimum atomic E-state index is -0.356. The Balaban J connectivity index is 1.45. The van der Waals surface area contributed by atoms with Crippen molar-refractivity contribution in [3.63, 3.8) is 0 Å². The summed E-state index contributed by atoms with van der Waals surface area (Å²) < 4.78 is 19.1. The smallest absolute Gasteiger partial charge is 0.340 e. The molecule has 6 heteroatoms. The van der Waals surface area contributed by atoms with Crippen LogP contribution in [0.25, 0.3) is 21.9 Å². The number of ether oxygens (including phenoxy) is 2. The van der Waals surface area contributed by atoms with Gasteiger partial charge in [0.25, 0.3) is 0 Å². The van der Waals surface area contributed by atoms with Crippen LogP contribution in [0.5, 0.6) is 11.5 Å². The maximum Gasteiger partial charge on any atom is 0.340 e. The van der Waals surface area contributed by atoms with Crippen LogP contribution in [-0.2, 0) is 13.5 Å². The first-order valence-electron chi connectivity index (χ1n) is 12.2. The SMILES string of the molecule is COc1ccc2c(c1)c(C(=O)COc1ccc3c(C)c(Cc4ccccc4)c(=O)oc3c1C)c(C)n2C. The standard InChI is InChI=1S/C31H29NO5/c1-18-23-12-14-28(19(2)30(23)37-31(34)24(18)15-21-9-7-6-8-10-21)36-17-27(33)29-20(3)32(4)26-13-11-22(35-5)16-25(26)29/h6-14,16H,15,17H2,1-5H3. The molecule has 37 heavy (non-hydrogen) atoms. The van der Waals surface area contributed by atoms with Crippen molar-refractivity contribution >= 4 is 27.7 Å². The topological polar surface area (TPSA) is 70.7 Å². The summed E-state index contributed by atoms with van der Waals surface area (Å²) in [5.41, 5.74) is 5.82. The summed E-state index contributed by atoms with van der Waals surface area (Å²) in [4.78, 5) is 26.2. The Morgan fingerprint density at radius 1 is 0.946 bits per heavy atom. The zero-order chi connectivity index (χ0) is 26.3. The van der Waals surface area contributed by atoms with Gasteiger partial charge in [0.05, 0.1) is 7.11 Å². The lowest BCUT2D eigenvalue weighted by molar-refractivity contribution is 0.0922. The summed E-state index contributed by atoms with van der Waals surface area (Å²) in [5, 5.41) is 1.69. The normalized spacial score (nSPS) is 11.3. The van der Waals surface area contributed by atoms with E-state index in [2.05, 4.69) is 0 Å². The van der Waals surface area contributed by atoms with Crippen LogP contribution in [0.4, 0.5) is 0 Å². The predicted octanol–water partition coefficient (Wildman–Crippen LogP) is 6.07. The summed E-state index contributed by atoms with van der Waals surface area (Å²) in [5.74, 6) is 1.07. The Kier molecular flexibility index (Phi) is 6.34. The Bertz CT molecular complexity index is 1710. The van der Waals surface area contributed by atoms with E-state index in [4.69, 9.17) is 13.9 Å². The zero-order valence-corrected chi connectivity index (χ0v) is 21.7. The molecule has 6 nitrogen and oxygen atoms in total. The highest BCUT2D eigenvalue weighted by Gasteiger charge is 2.21. The molecule has 0 aliphatic heterocycles. The Morgan fingerprint density at radius 2 is 1.70 bits per heavy atom. The van der Waals surface area contributed by atoms with E-state index in [0.29, 0.717) is 40.2 Å². The molecule has 2 heterocycles. The van der Waals surface area contributed by atoms with Crippen LogP contribution in [0.1, 0.15) is 38.3 Å². The van der Waals surface area contributed by atoms with Crippen LogP contribution in [-0.4, -0.2) is 24.1 Å². The quantitative estimate of drug-likeness (QED) is 0.202. The fourth-order valence-corrected chi connectivity index (χ4v) is 4.98. The van der Waals surface area contributed by atoms with E-state index in [0.717, 1.165) is 33.1 Å². The number of fused-ring (bicyclic) bond motifs is 2. The number of Topliss-reactive ketones (excluding diaryl/α,β-unsaturated/α-hetero) is 1. The van der Waals surface area contributed by atoms with E-state index >= 15 is 0 Å². The van der Waals surface area contributed by atoms with Crippen LogP contribution < -0.4 is 15.1 Å². The number of aryl methyl sites for hydroxylation is 3. The Labute approximate surface area is 215 Å². The maximum absolute atomic E-state index is 13.3. The van der Waals surface area contributed by atoms with Gasteiger partial charge in [0.1, 0.15) is 17.1 Å². The molecular formula is C31H29NO5. The second-order valence-electron chi connectivity index (χ2n) is 9.34. The number of hydrogen-bond donors (Lipinski definition) is 0. The average Bonchev–Trinajstić information content (AvgIpc) is 3.16. The molecule has 5 rings (SSSR count). The molecule has 0 atom stereocenters. The van der Waals surface area contributed by atoms with Crippen molar-refractivity contribution < 1.29 is 18.7 Å². The second-order valence-corrected chi connectivity index (χ2v) is 9.34. The number of rotatable bonds is 7. The number of carbonyl (C=O) groups excluding carboxylic acids is 1. The van der Waals surface area contributed by atoms with Crippen LogP contribution >= 0.6 is 0 Å². The Hall–Kier alpha value is -4.32. The van der Waals surface area contributed by atoms with Gasteiger partial charge in [-0.25, -0.2) is 4.79 Å². The highest BCUT2D eigenvalue weighted by atomic mass is 16.5. The van der Waals surface area contributed by atoms with E-state index in [1.54, 1.807) is 7.11 Å².